The van der Waals surface area contributed by atoms with Gasteiger partial charge < -0.3 is 10.4 Å². The summed E-state index contributed by atoms with van der Waals surface area (Å²) in [6.45, 7) is 0. The zero-order valence-corrected chi connectivity index (χ0v) is 10.6. The van der Waals surface area contributed by atoms with Gasteiger partial charge in [-0.3, -0.25) is 4.79 Å². The molecule has 2 fully saturated rings. The van der Waals surface area contributed by atoms with Crippen LogP contribution >= 0.6 is 0 Å². The molecule has 0 aromatic heterocycles. The summed E-state index contributed by atoms with van der Waals surface area (Å²) < 4.78 is 0. The van der Waals surface area contributed by atoms with Crippen molar-refractivity contribution in [3.8, 4) is 0 Å². The zero-order valence-electron chi connectivity index (χ0n) is 10.6. The third kappa shape index (κ3) is 2.48. The Bertz CT molecular complexity index is 507. The minimum atomic E-state index is -0.950. The highest BCUT2D eigenvalue weighted by Crippen LogP contribution is 2.49. The highest BCUT2D eigenvalue weighted by molar-refractivity contribution is 5.89. The van der Waals surface area contributed by atoms with Crippen LogP contribution in [0, 0.1) is 5.92 Å². The van der Waals surface area contributed by atoms with Crippen LogP contribution in [0.5, 0.6) is 0 Å². The van der Waals surface area contributed by atoms with Gasteiger partial charge in [0.15, 0.2) is 0 Å². The van der Waals surface area contributed by atoms with Gasteiger partial charge in [-0.2, -0.15) is 0 Å². The van der Waals surface area contributed by atoms with Crippen molar-refractivity contribution in [2.45, 2.75) is 37.1 Å². The largest absolute Gasteiger partial charge is 0.480 e. The van der Waals surface area contributed by atoms with Gasteiger partial charge in [0.05, 0.1) is 0 Å². The van der Waals surface area contributed by atoms with Crippen LogP contribution in [0.25, 0.3) is 0 Å². The summed E-state index contributed by atoms with van der Waals surface area (Å²) in [6.07, 6.45) is 2.58. The first kappa shape index (κ1) is 12.2. The van der Waals surface area contributed by atoms with E-state index < -0.39 is 11.5 Å². The second-order valence-electron chi connectivity index (χ2n) is 5.65. The minimum Gasteiger partial charge on any atom is -0.480 e. The molecule has 0 aliphatic heterocycles. The fourth-order valence-corrected chi connectivity index (χ4v) is 2.66. The van der Waals surface area contributed by atoms with E-state index >= 15 is 0 Å². The Balaban J connectivity index is 1.51. The van der Waals surface area contributed by atoms with Gasteiger partial charge in [-0.1, -0.05) is 30.3 Å². The molecule has 0 bridgehead atoms. The molecule has 2 saturated carbocycles. The molecule has 0 spiro atoms. The van der Waals surface area contributed by atoms with E-state index in [9.17, 15) is 9.59 Å². The Labute approximate surface area is 111 Å². The van der Waals surface area contributed by atoms with Crippen molar-refractivity contribution >= 4 is 11.9 Å². The summed E-state index contributed by atoms with van der Waals surface area (Å²) in [4.78, 5) is 22.8. The summed E-state index contributed by atoms with van der Waals surface area (Å²) in [5.41, 5.74) is 0.327. The second kappa shape index (κ2) is 4.37. The van der Waals surface area contributed by atoms with E-state index in [1.165, 1.54) is 5.56 Å². The van der Waals surface area contributed by atoms with Gasteiger partial charge in [0.2, 0.25) is 5.91 Å². The maximum Gasteiger partial charge on any atom is 0.329 e. The van der Waals surface area contributed by atoms with Crippen LogP contribution in [0.4, 0.5) is 0 Å². The summed E-state index contributed by atoms with van der Waals surface area (Å²) in [5, 5.41) is 11.7. The molecule has 2 aliphatic carbocycles. The average molecular weight is 259 g/mol. The minimum absolute atomic E-state index is 0.122. The highest BCUT2D eigenvalue weighted by atomic mass is 16.4. The van der Waals surface area contributed by atoms with E-state index in [0.717, 1.165) is 6.42 Å². The number of nitrogens with one attached hydrogen (secondary N) is 1. The van der Waals surface area contributed by atoms with Crippen molar-refractivity contribution in [2.24, 2.45) is 5.92 Å². The lowest BCUT2D eigenvalue weighted by Crippen LogP contribution is -2.43. The Kier molecular flexibility index (Phi) is 2.81. The van der Waals surface area contributed by atoms with Crippen molar-refractivity contribution < 1.29 is 14.7 Å². The number of benzene rings is 1. The predicted molar refractivity (Wildman–Crippen MR) is 69.7 cm³/mol. The lowest BCUT2D eigenvalue weighted by Gasteiger charge is -2.12. The Morgan fingerprint density at radius 2 is 1.95 bits per heavy atom. The lowest BCUT2D eigenvalue weighted by atomic mass is 10.1. The Morgan fingerprint density at radius 1 is 1.26 bits per heavy atom. The zero-order chi connectivity index (χ0) is 13.5. The predicted octanol–water partition coefficient (Wildman–Crippen LogP) is 1.91. The molecule has 2 aliphatic rings. The van der Waals surface area contributed by atoms with Crippen molar-refractivity contribution in [3.05, 3.63) is 35.9 Å². The van der Waals surface area contributed by atoms with Crippen molar-refractivity contribution in [1.29, 1.82) is 0 Å². The van der Waals surface area contributed by atoms with Gasteiger partial charge in [0, 0.05) is 6.42 Å². The van der Waals surface area contributed by atoms with E-state index in [1.807, 2.05) is 18.2 Å². The molecular formula is C15H17NO3. The van der Waals surface area contributed by atoms with Gasteiger partial charge in [-0.25, -0.2) is 4.79 Å². The SMILES string of the molecule is O=C(C[C@@H]1C[C@H]1c1ccccc1)NC1(C(=O)O)CC1. The molecule has 3 rings (SSSR count). The third-order valence-electron chi connectivity index (χ3n) is 4.14. The number of aliphatic carboxylic acids is 1. The topological polar surface area (TPSA) is 66.4 Å². The average Bonchev–Trinajstić information content (AvgIpc) is 3.27. The maximum absolute atomic E-state index is 11.9. The third-order valence-corrected chi connectivity index (χ3v) is 4.14. The van der Waals surface area contributed by atoms with Crippen molar-refractivity contribution in [3.63, 3.8) is 0 Å². The monoisotopic (exact) mass is 259 g/mol. The lowest BCUT2D eigenvalue weighted by molar-refractivity contribution is -0.143. The Morgan fingerprint density at radius 3 is 2.53 bits per heavy atom. The van der Waals surface area contributed by atoms with Gasteiger partial charge in [0.25, 0.3) is 0 Å². The molecule has 2 N–H and O–H groups in total. The summed E-state index contributed by atoms with van der Waals surface area (Å²) in [6, 6.07) is 10.2. The van der Waals surface area contributed by atoms with E-state index in [0.29, 0.717) is 31.1 Å². The standard InChI is InChI=1S/C15H17NO3/c17-13(16-15(6-7-15)14(18)19)9-11-8-12(11)10-4-2-1-3-5-10/h1-5,11-12H,6-9H2,(H,16,17)(H,18,19)/t11-,12-/m0/s1. The summed E-state index contributed by atoms with van der Waals surface area (Å²) >= 11 is 0. The molecule has 1 aromatic rings. The molecule has 0 heterocycles. The number of carboxylic acid groups (broad SMARTS) is 1. The summed E-state index contributed by atoms with van der Waals surface area (Å²) in [7, 11) is 0. The van der Waals surface area contributed by atoms with Crippen LogP contribution in [0.15, 0.2) is 30.3 Å². The van der Waals surface area contributed by atoms with Crippen molar-refractivity contribution in [2.75, 3.05) is 0 Å². The second-order valence-corrected chi connectivity index (χ2v) is 5.65. The number of carbonyl (C=O) groups is 2. The molecule has 100 valence electrons. The highest BCUT2D eigenvalue weighted by Gasteiger charge is 2.52. The normalized spacial score (nSPS) is 26.5. The van der Waals surface area contributed by atoms with Gasteiger partial charge in [0.1, 0.15) is 5.54 Å². The number of rotatable bonds is 5. The number of hydrogen-bond acceptors (Lipinski definition) is 2. The van der Waals surface area contributed by atoms with Gasteiger partial charge in [-0.15, -0.1) is 0 Å². The fourth-order valence-electron chi connectivity index (χ4n) is 2.66. The van der Waals surface area contributed by atoms with Crippen LogP contribution in [-0.2, 0) is 9.59 Å². The molecule has 4 nitrogen and oxygen atoms in total. The first-order chi connectivity index (χ1) is 9.11. The molecule has 0 unspecified atom stereocenters. The van der Waals surface area contributed by atoms with E-state index in [2.05, 4.69) is 17.4 Å². The molecule has 2 atom stereocenters. The molecule has 19 heavy (non-hydrogen) atoms. The van der Waals surface area contributed by atoms with E-state index in [4.69, 9.17) is 5.11 Å². The molecule has 1 aromatic carbocycles. The number of hydrogen-bond donors (Lipinski definition) is 2. The molecule has 0 saturated heterocycles. The molecule has 1 amide bonds. The van der Waals surface area contributed by atoms with Crippen LogP contribution in [-0.4, -0.2) is 22.5 Å². The van der Waals surface area contributed by atoms with Crippen LogP contribution < -0.4 is 5.32 Å². The summed E-state index contributed by atoms with van der Waals surface area (Å²) in [5.74, 6) is -0.196. The molecule has 4 heteroatoms. The van der Waals surface area contributed by atoms with Gasteiger partial charge >= 0.3 is 5.97 Å². The molecule has 0 radical (unpaired) electrons. The van der Waals surface area contributed by atoms with Crippen LogP contribution in [0.3, 0.4) is 0 Å². The quantitative estimate of drug-likeness (QED) is 0.849. The fraction of sp³-hybridized carbons (Fsp3) is 0.467. The van der Waals surface area contributed by atoms with Crippen LogP contribution in [0.2, 0.25) is 0 Å². The Hall–Kier alpha value is -1.84. The van der Waals surface area contributed by atoms with Crippen molar-refractivity contribution in [1.82, 2.24) is 5.32 Å². The number of amides is 1. The first-order valence-electron chi connectivity index (χ1n) is 6.70. The first-order valence-corrected chi connectivity index (χ1v) is 6.70. The van der Waals surface area contributed by atoms with E-state index in [1.54, 1.807) is 0 Å². The van der Waals surface area contributed by atoms with Crippen LogP contribution in [0.1, 0.15) is 37.2 Å². The number of carboxylic acids is 1. The number of carbonyl (C=O) groups excluding carboxylic acids is 1. The van der Waals surface area contributed by atoms with Gasteiger partial charge in [-0.05, 0) is 36.7 Å². The molecular weight excluding hydrogens is 242 g/mol. The van der Waals surface area contributed by atoms with E-state index in [-0.39, 0.29) is 5.91 Å². The maximum atomic E-state index is 11.9. The smallest absolute Gasteiger partial charge is 0.329 e.